The van der Waals surface area contributed by atoms with Gasteiger partial charge in [-0.3, -0.25) is 9.20 Å². The summed E-state index contributed by atoms with van der Waals surface area (Å²) >= 11 is 1.56. The standard InChI is InChI=1S/C13H16N6OS/c1-14-2-3-15-10-6-12(20)19(16-7-10)9-11-8-18-4-5-21-13(18)17-11/h4-8,14-15H,2-3,9H2,1H3. The first-order chi connectivity index (χ1) is 10.3. The monoisotopic (exact) mass is 304 g/mol. The smallest absolute Gasteiger partial charge is 0.269 e. The lowest BCUT2D eigenvalue weighted by atomic mass is 10.4. The first kappa shape index (κ1) is 13.8. The molecule has 2 N–H and O–H groups in total. The van der Waals surface area contributed by atoms with Crippen LogP contribution >= 0.6 is 11.3 Å². The molecule has 3 aromatic heterocycles. The fourth-order valence-electron chi connectivity index (χ4n) is 1.99. The van der Waals surface area contributed by atoms with Gasteiger partial charge in [0.2, 0.25) is 0 Å². The molecule has 3 aromatic rings. The molecule has 3 rings (SSSR count). The van der Waals surface area contributed by atoms with Crippen molar-refractivity contribution in [1.82, 2.24) is 24.5 Å². The highest BCUT2D eigenvalue weighted by Crippen LogP contribution is 2.11. The third kappa shape index (κ3) is 3.11. The first-order valence-electron chi connectivity index (χ1n) is 6.63. The van der Waals surface area contributed by atoms with E-state index in [0.29, 0.717) is 6.54 Å². The second kappa shape index (κ2) is 6.06. The van der Waals surface area contributed by atoms with Crippen LogP contribution in [0.15, 0.2) is 34.8 Å². The third-order valence-corrected chi connectivity index (χ3v) is 3.80. The van der Waals surface area contributed by atoms with Crippen molar-refractivity contribution in [3.63, 3.8) is 0 Å². The van der Waals surface area contributed by atoms with Gasteiger partial charge in [-0.15, -0.1) is 11.3 Å². The van der Waals surface area contributed by atoms with Crippen molar-refractivity contribution in [2.24, 2.45) is 0 Å². The number of fused-ring (bicyclic) bond motifs is 1. The van der Waals surface area contributed by atoms with E-state index in [4.69, 9.17) is 0 Å². The Kier molecular flexibility index (Phi) is 3.98. The van der Waals surface area contributed by atoms with Crippen molar-refractivity contribution in [2.75, 3.05) is 25.5 Å². The van der Waals surface area contributed by atoms with Crippen molar-refractivity contribution in [2.45, 2.75) is 6.54 Å². The maximum Gasteiger partial charge on any atom is 0.269 e. The molecule has 0 amide bonds. The van der Waals surface area contributed by atoms with Gasteiger partial charge in [0.15, 0.2) is 4.96 Å². The number of nitrogens with zero attached hydrogens (tertiary/aromatic N) is 4. The van der Waals surface area contributed by atoms with E-state index in [-0.39, 0.29) is 5.56 Å². The molecule has 21 heavy (non-hydrogen) atoms. The molecule has 7 nitrogen and oxygen atoms in total. The lowest BCUT2D eigenvalue weighted by molar-refractivity contribution is 0.630. The number of anilines is 1. The van der Waals surface area contributed by atoms with Gasteiger partial charge in [-0.2, -0.15) is 5.10 Å². The lowest BCUT2D eigenvalue weighted by Gasteiger charge is -2.06. The highest BCUT2D eigenvalue weighted by molar-refractivity contribution is 7.15. The molecule has 3 heterocycles. The summed E-state index contributed by atoms with van der Waals surface area (Å²) in [5.41, 5.74) is 1.42. The molecule has 110 valence electrons. The second-order valence-electron chi connectivity index (χ2n) is 4.60. The van der Waals surface area contributed by atoms with Crippen LogP contribution in [0.2, 0.25) is 0 Å². The van der Waals surface area contributed by atoms with E-state index in [2.05, 4.69) is 20.7 Å². The zero-order chi connectivity index (χ0) is 14.7. The molecule has 0 saturated carbocycles. The minimum Gasteiger partial charge on any atom is -0.382 e. The number of hydrogen-bond acceptors (Lipinski definition) is 6. The summed E-state index contributed by atoms with van der Waals surface area (Å²) in [6.45, 7) is 1.96. The molecule has 8 heteroatoms. The Hall–Kier alpha value is -2.19. The summed E-state index contributed by atoms with van der Waals surface area (Å²) < 4.78 is 3.36. The summed E-state index contributed by atoms with van der Waals surface area (Å²) in [6.07, 6.45) is 5.52. The zero-order valence-corrected chi connectivity index (χ0v) is 12.4. The predicted molar refractivity (Wildman–Crippen MR) is 83.1 cm³/mol. The number of imidazole rings is 1. The van der Waals surface area contributed by atoms with Crippen LogP contribution in [-0.4, -0.2) is 39.3 Å². The number of likely N-dealkylation sites (N-methyl/N-ethyl adjacent to an activating group) is 1. The van der Waals surface area contributed by atoms with Crippen LogP contribution in [0.1, 0.15) is 5.69 Å². The van der Waals surface area contributed by atoms with E-state index in [1.807, 2.05) is 29.2 Å². The molecule has 0 aromatic carbocycles. The summed E-state index contributed by atoms with van der Waals surface area (Å²) in [5.74, 6) is 0. The first-order valence-corrected chi connectivity index (χ1v) is 7.51. The molecule has 0 atom stereocenters. The minimum absolute atomic E-state index is 0.138. The SMILES string of the molecule is CNCCNc1cnn(Cc2cn3ccsc3n2)c(=O)c1. The van der Waals surface area contributed by atoms with Gasteiger partial charge in [-0.1, -0.05) is 0 Å². The topological polar surface area (TPSA) is 76.2 Å². The van der Waals surface area contributed by atoms with Gasteiger partial charge in [0, 0.05) is 36.9 Å². The highest BCUT2D eigenvalue weighted by atomic mass is 32.1. The van der Waals surface area contributed by atoms with Crippen molar-refractivity contribution in [1.29, 1.82) is 0 Å². The van der Waals surface area contributed by atoms with E-state index >= 15 is 0 Å². The van der Waals surface area contributed by atoms with Gasteiger partial charge < -0.3 is 10.6 Å². The Morgan fingerprint density at radius 3 is 3.05 bits per heavy atom. The fraction of sp³-hybridized carbons (Fsp3) is 0.308. The Bertz CT molecular complexity index is 761. The van der Waals surface area contributed by atoms with Gasteiger partial charge in [-0.05, 0) is 7.05 Å². The Labute approximate surface area is 125 Å². The van der Waals surface area contributed by atoms with E-state index < -0.39 is 0 Å². The number of aromatic nitrogens is 4. The summed E-state index contributed by atoms with van der Waals surface area (Å²) in [5, 5.41) is 12.3. The van der Waals surface area contributed by atoms with Crippen molar-refractivity contribution < 1.29 is 0 Å². The molecule has 0 bridgehead atoms. The average molecular weight is 304 g/mol. The Morgan fingerprint density at radius 1 is 1.38 bits per heavy atom. The number of nitrogens with one attached hydrogen (secondary N) is 2. The molecule has 0 aliphatic rings. The average Bonchev–Trinajstić information content (AvgIpc) is 3.03. The summed E-state index contributed by atoms with van der Waals surface area (Å²) in [4.78, 5) is 17.4. The van der Waals surface area contributed by atoms with E-state index in [1.54, 1.807) is 23.6 Å². The van der Waals surface area contributed by atoms with Crippen LogP contribution in [0.5, 0.6) is 0 Å². The molecular weight excluding hydrogens is 288 g/mol. The van der Waals surface area contributed by atoms with Crippen molar-refractivity contribution in [3.05, 3.63) is 46.1 Å². The van der Waals surface area contributed by atoms with Crippen LogP contribution < -0.4 is 16.2 Å². The maximum absolute atomic E-state index is 12.0. The van der Waals surface area contributed by atoms with Gasteiger partial charge in [0.05, 0.1) is 24.1 Å². The molecular formula is C13H16N6OS. The number of hydrogen-bond donors (Lipinski definition) is 2. The summed E-state index contributed by atoms with van der Waals surface area (Å²) in [6, 6.07) is 1.56. The zero-order valence-electron chi connectivity index (χ0n) is 11.6. The number of rotatable bonds is 6. The lowest BCUT2D eigenvalue weighted by Crippen LogP contribution is -2.24. The minimum atomic E-state index is -0.138. The van der Waals surface area contributed by atoms with Crippen LogP contribution in [0.3, 0.4) is 0 Å². The quantitative estimate of drug-likeness (QED) is 0.653. The van der Waals surface area contributed by atoms with E-state index in [9.17, 15) is 4.79 Å². The molecule has 0 radical (unpaired) electrons. The van der Waals surface area contributed by atoms with E-state index in [1.165, 1.54) is 4.68 Å². The van der Waals surface area contributed by atoms with Gasteiger partial charge in [0.25, 0.3) is 5.56 Å². The molecule has 0 fully saturated rings. The second-order valence-corrected chi connectivity index (χ2v) is 5.47. The Morgan fingerprint density at radius 2 is 2.29 bits per heavy atom. The summed E-state index contributed by atoms with van der Waals surface area (Å²) in [7, 11) is 1.88. The normalized spacial score (nSPS) is 11.1. The van der Waals surface area contributed by atoms with Crippen LogP contribution in [0.25, 0.3) is 4.96 Å². The molecule has 0 saturated heterocycles. The number of thiazole rings is 1. The fourth-order valence-corrected chi connectivity index (χ4v) is 2.71. The van der Waals surface area contributed by atoms with Crippen LogP contribution in [-0.2, 0) is 6.54 Å². The van der Waals surface area contributed by atoms with Crippen molar-refractivity contribution in [3.8, 4) is 0 Å². The largest absolute Gasteiger partial charge is 0.382 e. The Balaban J connectivity index is 1.73. The van der Waals surface area contributed by atoms with Gasteiger partial charge >= 0.3 is 0 Å². The van der Waals surface area contributed by atoms with Gasteiger partial charge in [-0.25, -0.2) is 9.67 Å². The predicted octanol–water partition coefficient (Wildman–Crippen LogP) is 0.632. The molecule has 0 spiro atoms. The molecule has 0 aliphatic carbocycles. The van der Waals surface area contributed by atoms with E-state index in [0.717, 1.165) is 29.4 Å². The third-order valence-electron chi connectivity index (χ3n) is 3.03. The highest BCUT2D eigenvalue weighted by Gasteiger charge is 2.06. The maximum atomic E-state index is 12.0. The molecule has 0 aliphatic heterocycles. The van der Waals surface area contributed by atoms with Gasteiger partial charge in [0.1, 0.15) is 0 Å². The van der Waals surface area contributed by atoms with Crippen molar-refractivity contribution >= 4 is 22.0 Å². The molecule has 0 unspecified atom stereocenters. The van der Waals surface area contributed by atoms with Crippen LogP contribution in [0.4, 0.5) is 5.69 Å². The van der Waals surface area contributed by atoms with Crippen LogP contribution in [0, 0.1) is 0 Å².